The van der Waals surface area contributed by atoms with Crippen molar-refractivity contribution in [2.75, 3.05) is 0 Å². The molecule has 5 heteroatoms. The normalized spacial score (nSPS) is 8.50. The fourth-order valence-electron chi connectivity index (χ4n) is 0.796. The molecule has 0 aliphatic heterocycles. The number of carboxylic acid groups (broad SMARTS) is 1. The first-order valence-electron chi connectivity index (χ1n) is 2.95. The number of aromatic carboxylic acids is 1. The summed E-state index contributed by atoms with van der Waals surface area (Å²) in [7, 11) is 0. The molecule has 1 aromatic rings. The number of nitrogens with one attached hydrogen (secondary N) is 1. The van der Waals surface area contributed by atoms with E-state index in [1.807, 2.05) is 0 Å². The van der Waals surface area contributed by atoms with Crippen LogP contribution in [-0.4, -0.2) is 16.1 Å². The summed E-state index contributed by atoms with van der Waals surface area (Å²) in [5, 5.41) is 25.4. The van der Waals surface area contributed by atoms with E-state index in [1.165, 1.54) is 6.20 Å². The van der Waals surface area contributed by atoms with Crippen LogP contribution in [0.3, 0.4) is 0 Å². The van der Waals surface area contributed by atoms with Crippen LogP contribution in [-0.2, 0) is 0 Å². The van der Waals surface area contributed by atoms with E-state index in [0.717, 1.165) is 0 Å². The lowest BCUT2D eigenvalue weighted by atomic mass is 10.2. The van der Waals surface area contributed by atoms with E-state index in [-0.39, 0.29) is 16.8 Å². The lowest BCUT2D eigenvalue weighted by Gasteiger charge is -1.86. The first-order valence-corrected chi connectivity index (χ1v) is 2.95. The molecule has 0 radical (unpaired) electrons. The van der Waals surface area contributed by atoms with Crippen LogP contribution in [0.25, 0.3) is 0 Å². The summed E-state index contributed by atoms with van der Waals surface area (Å²) in [5.74, 6) is -1.24. The minimum atomic E-state index is -1.24. The summed E-state index contributed by atoms with van der Waals surface area (Å²) >= 11 is 0. The number of rotatable bonds is 1. The minimum Gasteiger partial charge on any atom is -0.477 e. The van der Waals surface area contributed by atoms with E-state index in [9.17, 15) is 4.79 Å². The smallest absolute Gasteiger partial charge is 0.353 e. The zero-order chi connectivity index (χ0) is 9.14. The standard InChI is InChI=1S/C7H3N3O2/c8-1-4-3-10-6(7(11)12)5(4)2-9/h3,10H,(H,11,12). The van der Waals surface area contributed by atoms with Gasteiger partial charge in [0.15, 0.2) is 0 Å². The minimum absolute atomic E-state index is 0.0508. The molecule has 1 aromatic heterocycles. The molecule has 0 bridgehead atoms. The second kappa shape index (κ2) is 2.77. The van der Waals surface area contributed by atoms with Gasteiger partial charge in [0.2, 0.25) is 0 Å². The Bertz CT molecular complexity index is 405. The van der Waals surface area contributed by atoms with Gasteiger partial charge >= 0.3 is 5.97 Å². The fourth-order valence-corrected chi connectivity index (χ4v) is 0.796. The highest BCUT2D eigenvalue weighted by molar-refractivity contribution is 5.89. The van der Waals surface area contributed by atoms with Crippen molar-refractivity contribution in [3.8, 4) is 12.1 Å². The summed E-state index contributed by atoms with van der Waals surface area (Å²) in [6, 6.07) is 3.35. The molecule has 0 aliphatic carbocycles. The van der Waals surface area contributed by atoms with Gasteiger partial charge in [0.05, 0.1) is 5.56 Å². The molecule has 0 aromatic carbocycles. The first-order chi connectivity index (χ1) is 5.70. The van der Waals surface area contributed by atoms with Gasteiger partial charge < -0.3 is 10.1 Å². The van der Waals surface area contributed by atoms with Crippen molar-refractivity contribution in [3.05, 3.63) is 23.0 Å². The Morgan fingerprint density at radius 2 is 2.17 bits per heavy atom. The van der Waals surface area contributed by atoms with Crippen molar-refractivity contribution < 1.29 is 9.90 Å². The van der Waals surface area contributed by atoms with Gasteiger partial charge in [-0.25, -0.2) is 4.79 Å². The number of nitrogens with zero attached hydrogens (tertiary/aromatic N) is 2. The molecule has 1 rings (SSSR count). The molecule has 2 N–H and O–H groups in total. The average Bonchev–Trinajstić information content (AvgIpc) is 2.46. The summed E-state index contributed by atoms with van der Waals surface area (Å²) in [5.41, 5.74) is -0.311. The highest BCUT2D eigenvalue weighted by Gasteiger charge is 2.15. The van der Waals surface area contributed by atoms with Crippen LogP contribution in [0, 0.1) is 22.7 Å². The van der Waals surface area contributed by atoms with Crippen LogP contribution >= 0.6 is 0 Å². The van der Waals surface area contributed by atoms with E-state index in [2.05, 4.69) is 4.98 Å². The Kier molecular flexibility index (Phi) is 1.81. The highest BCUT2D eigenvalue weighted by Crippen LogP contribution is 2.11. The Morgan fingerprint density at radius 1 is 1.50 bits per heavy atom. The molecule has 0 spiro atoms. The maximum atomic E-state index is 10.4. The molecule has 1 heterocycles. The average molecular weight is 161 g/mol. The van der Waals surface area contributed by atoms with Crippen molar-refractivity contribution in [3.63, 3.8) is 0 Å². The molecule has 58 valence electrons. The first kappa shape index (κ1) is 7.83. The van der Waals surface area contributed by atoms with E-state index in [0.29, 0.717) is 0 Å². The third-order valence-electron chi connectivity index (χ3n) is 1.33. The van der Waals surface area contributed by atoms with E-state index in [4.69, 9.17) is 15.6 Å². The molecule has 0 fully saturated rings. The molecule has 0 saturated carbocycles. The van der Waals surface area contributed by atoms with Gasteiger partial charge in [-0.1, -0.05) is 0 Å². The predicted octanol–water partition coefficient (Wildman–Crippen LogP) is 0.456. The van der Waals surface area contributed by atoms with Gasteiger partial charge in [0.1, 0.15) is 23.4 Å². The number of aromatic nitrogens is 1. The molecular formula is C7H3N3O2. The highest BCUT2D eigenvalue weighted by atomic mass is 16.4. The van der Waals surface area contributed by atoms with E-state index >= 15 is 0 Å². The monoisotopic (exact) mass is 161 g/mol. The molecular weight excluding hydrogens is 158 g/mol. The molecule has 5 nitrogen and oxygen atoms in total. The molecule has 0 saturated heterocycles. The fraction of sp³-hybridized carbons (Fsp3) is 0. The van der Waals surface area contributed by atoms with Crippen molar-refractivity contribution >= 4 is 5.97 Å². The van der Waals surface area contributed by atoms with Crippen LogP contribution in [0.5, 0.6) is 0 Å². The largest absolute Gasteiger partial charge is 0.477 e. The van der Waals surface area contributed by atoms with Gasteiger partial charge in [-0.15, -0.1) is 0 Å². The molecule has 0 atom stereocenters. The van der Waals surface area contributed by atoms with E-state index < -0.39 is 5.97 Å². The molecule has 0 amide bonds. The summed E-state index contributed by atoms with van der Waals surface area (Å²) in [6.07, 6.45) is 1.20. The van der Waals surface area contributed by atoms with Crippen molar-refractivity contribution in [1.29, 1.82) is 10.5 Å². The topological polar surface area (TPSA) is 101 Å². The van der Waals surface area contributed by atoms with Crippen LogP contribution in [0.2, 0.25) is 0 Å². The van der Waals surface area contributed by atoms with Gasteiger partial charge in [-0.2, -0.15) is 10.5 Å². The molecule has 12 heavy (non-hydrogen) atoms. The van der Waals surface area contributed by atoms with Gasteiger partial charge in [-0.3, -0.25) is 0 Å². The van der Waals surface area contributed by atoms with Crippen molar-refractivity contribution in [1.82, 2.24) is 4.98 Å². The third-order valence-corrected chi connectivity index (χ3v) is 1.33. The van der Waals surface area contributed by atoms with Crippen LogP contribution in [0.4, 0.5) is 0 Å². The number of nitriles is 2. The van der Waals surface area contributed by atoms with E-state index in [1.54, 1.807) is 12.1 Å². The maximum absolute atomic E-state index is 10.4. The Morgan fingerprint density at radius 3 is 2.58 bits per heavy atom. The van der Waals surface area contributed by atoms with Crippen molar-refractivity contribution in [2.45, 2.75) is 0 Å². The molecule has 0 unspecified atom stereocenters. The van der Waals surface area contributed by atoms with Crippen LogP contribution in [0.15, 0.2) is 6.20 Å². The van der Waals surface area contributed by atoms with Crippen molar-refractivity contribution in [2.24, 2.45) is 0 Å². The second-order valence-electron chi connectivity index (χ2n) is 1.98. The lowest BCUT2D eigenvalue weighted by molar-refractivity contribution is 0.0691. The number of carbonyl (C=O) groups is 1. The second-order valence-corrected chi connectivity index (χ2v) is 1.98. The number of hydrogen-bond donors (Lipinski definition) is 2. The summed E-state index contributed by atoms with van der Waals surface area (Å²) in [6.45, 7) is 0. The number of hydrogen-bond acceptors (Lipinski definition) is 3. The zero-order valence-electron chi connectivity index (χ0n) is 5.83. The quantitative estimate of drug-likeness (QED) is 0.624. The summed E-state index contributed by atoms with van der Waals surface area (Å²) in [4.78, 5) is 12.7. The Hall–Kier alpha value is -2.27. The Balaban J connectivity index is 3.38. The summed E-state index contributed by atoms with van der Waals surface area (Å²) < 4.78 is 0. The number of H-pyrrole nitrogens is 1. The van der Waals surface area contributed by atoms with Gasteiger partial charge in [-0.05, 0) is 0 Å². The Labute approximate surface area is 67.5 Å². The SMILES string of the molecule is N#Cc1c[nH]c(C(=O)O)c1C#N. The third kappa shape index (κ3) is 0.998. The van der Waals surface area contributed by atoms with Crippen LogP contribution in [0.1, 0.15) is 21.6 Å². The maximum Gasteiger partial charge on any atom is 0.353 e. The lowest BCUT2D eigenvalue weighted by Crippen LogP contribution is -1.99. The zero-order valence-corrected chi connectivity index (χ0v) is 5.83. The number of aromatic amines is 1. The van der Waals surface area contributed by atoms with Crippen LogP contribution < -0.4 is 0 Å². The predicted molar refractivity (Wildman–Crippen MR) is 37.2 cm³/mol. The number of carboxylic acids is 1. The molecule has 0 aliphatic rings. The van der Waals surface area contributed by atoms with Gasteiger partial charge in [0, 0.05) is 6.20 Å². The van der Waals surface area contributed by atoms with Gasteiger partial charge in [0.25, 0.3) is 0 Å².